The molecule has 60 valence electrons. The van der Waals surface area contributed by atoms with Crippen LogP contribution >= 0.6 is 11.6 Å². The molecule has 0 spiro atoms. The summed E-state index contributed by atoms with van der Waals surface area (Å²) in [5.41, 5.74) is 0. The summed E-state index contributed by atoms with van der Waals surface area (Å²) < 4.78 is 0. The van der Waals surface area contributed by atoms with Crippen molar-refractivity contribution in [3.63, 3.8) is 0 Å². The molecule has 0 radical (unpaired) electrons. The van der Waals surface area contributed by atoms with Crippen molar-refractivity contribution in [1.29, 1.82) is 0 Å². The molecule has 3 unspecified atom stereocenters. The smallest absolute Gasteiger partial charge is 0.325 e. The molecular formula is C8H9ClO2. The highest BCUT2D eigenvalue weighted by molar-refractivity contribution is 6.34. The van der Waals surface area contributed by atoms with Crippen LogP contribution in [0.4, 0.5) is 0 Å². The highest BCUT2D eigenvalue weighted by atomic mass is 35.5. The third-order valence-corrected chi connectivity index (χ3v) is 3.27. The summed E-state index contributed by atoms with van der Waals surface area (Å²) in [6, 6.07) is 0. The van der Waals surface area contributed by atoms with Gasteiger partial charge in [0.2, 0.25) is 0 Å². The lowest BCUT2D eigenvalue weighted by Gasteiger charge is -2.22. The number of alkyl halides is 1. The van der Waals surface area contributed by atoms with Gasteiger partial charge in [0.1, 0.15) is 4.87 Å². The Labute approximate surface area is 69.9 Å². The lowest BCUT2D eigenvalue weighted by molar-refractivity contribution is -0.140. The maximum atomic E-state index is 10.7. The Morgan fingerprint density at radius 2 is 2.36 bits per heavy atom. The van der Waals surface area contributed by atoms with E-state index in [1.165, 1.54) is 0 Å². The van der Waals surface area contributed by atoms with Gasteiger partial charge in [-0.25, -0.2) is 0 Å². The summed E-state index contributed by atoms with van der Waals surface area (Å²) in [5.74, 6) is -0.392. The van der Waals surface area contributed by atoms with Crippen molar-refractivity contribution in [2.24, 2.45) is 11.8 Å². The van der Waals surface area contributed by atoms with Crippen molar-refractivity contribution in [3.8, 4) is 0 Å². The van der Waals surface area contributed by atoms with E-state index in [1.54, 1.807) is 0 Å². The van der Waals surface area contributed by atoms with Crippen LogP contribution in [-0.4, -0.2) is 16.0 Å². The van der Waals surface area contributed by atoms with E-state index in [2.05, 4.69) is 6.08 Å². The number of allylic oxidation sites excluding steroid dienone is 2. The number of halogens is 1. The first-order valence-corrected chi connectivity index (χ1v) is 4.11. The standard InChI is InChI=1S/C8H9ClO2/c9-8(7(10)11)4-5-1-2-6(8)3-5/h1-2,5-6H,3-4H2,(H,10,11). The first kappa shape index (κ1) is 7.17. The molecule has 0 aromatic rings. The monoisotopic (exact) mass is 172 g/mol. The number of hydrogen-bond donors (Lipinski definition) is 1. The van der Waals surface area contributed by atoms with Crippen molar-refractivity contribution in [2.45, 2.75) is 17.7 Å². The van der Waals surface area contributed by atoms with E-state index < -0.39 is 10.8 Å². The molecule has 2 aliphatic rings. The van der Waals surface area contributed by atoms with Crippen LogP contribution in [0.25, 0.3) is 0 Å². The lowest BCUT2D eigenvalue weighted by Crippen LogP contribution is -2.36. The Balaban J connectivity index is 2.30. The molecule has 0 aromatic carbocycles. The van der Waals surface area contributed by atoms with Crippen LogP contribution < -0.4 is 0 Å². The van der Waals surface area contributed by atoms with Gasteiger partial charge in [0.25, 0.3) is 0 Å². The second-order valence-electron chi connectivity index (χ2n) is 3.36. The summed E-state index contributed by atoms with van der Waals surface area (Å²) in [5, 5.41) is 8.83. The van der Waals surface area contributed by atoms with E-state index in [0.717, 1.165) is 6.42 Å². The molecule has 3 heteroatoms. The summed E-state index contributed by atoms with van der Waals surface area (Å²) in [4.78, 5) is 9.76. The van der Waals surface area contributed by atoms with Gasteiger partial charge in [-0.1, -0.05) is 12.2 Å². The van der Waals surface area contributed by atoms with E-state index in [0.29, 0.717) is 12.3 Å². The van der Waals surface area contributed by atoms with Gasteiger partial charge in [0.05, 0.1) is 0 Å². The van der Waals surface area contributed by atoms with E-state index in [9.17, 15) is 4.79 Å². The fourth-order valence-electron chi connectivity index (χ4n) is 2.04. The molecule has 2 aliphatic carbocycles. The summed E-state index contributed by atoms with van der Waals surface area (Å²) >= 11 is 5.95. The highest BCUT2D eigenvalue weighted by Gasteiger charge is 2.52. The van der Waals surface area contributed by atoms with Gasteiger partial charge < -0.3 is 5.11 Å². The zero-order valence-corrected chi connectivity index (χ0v) is 6.71. The maximum Gasteiger partial charge on any atom is 0.325 e. The average molecular weight is 173 g/mol. The predicted molar refractivity (Wildman–Crippen MR) is 41.6 cm³/mol. The molecule has 0 aliphatic heterocycles. The quantitative estimate of drug-likeness (QED) is 0.482. The third kappa shape index (κ3) is 0.822. The summed E-state index contributed by atoms with van der Waals surface area (Å²) in [6.45, 7) is 0. The SMILES string of the molecule is O=C(O)C1(Cl)CC2C=CC1C2. The van der Waals surface area contributed by atoms with Gasteiger partial charge in [0.15, 0.2) is 0 Å². The Bertz CT molecular complexity index is 236. The molecule has 2 bridgehead atoms. The Kier molecular flexibility index (Phi) is 1.31. The minimum Gasteiger partial charge on any atom is -0.480 e. The summed E-state index contributed by atoms with van der Waals surface area (Å²) in [7, 11) is 0. The second kappa shape index (κ2) is 2.01. The maximum absolute atomic E-state index is 10.7. The number of rotatable bonds is 1. The van der Waals surface area contributed by atoms with Gasteiger partial charge in [-0.05, 0) is 18.8 Å². The molecule has 0 heterocycles. The zero-order chi connectivity index (χ0) is 8.06. The van der Waals surface area contributed by atoms with Gasteiger partial charge >= 0.3 is 5.97 Å². The van der Waals surface area contributed by atoms with Gasteiger partial charge in [0, 0.05) is 5.92 Å². The fraction of sp³-hybridized carbons (Fsp3) is 0.625. The molecular weight excluding hydrogens is 164 g/mol. The molecule has 2 rings (SSSR count). The van der Waals surface area contributed by atoms with Gasteiger partial charge in [-0.2, -0.15) is 0 Å². The molecule has 11 heavy (non-hydrogen) atoms. The average Bonchev–Trinajstić information content (AvgIpc) is 2.45. The minimum atomic E-state index is -0.987. The highest BCUT2D eigenvalue weighted by Crippen LogP contribution is 2.50. The number of fused-ring (bicyclic) bond motifs is 2. The number of carboxylic acid groups (broad SMARTS) is 1. The van der Waals surface area contributed by atoms with Crippen LogP contribution in [0.2, 0.25) is 0 Å². The molecule has 3 atom stereocenters. The van der Waals surface area contributed by atoms with E-state index >= 15 is 0 Å². The molecule has 1 fully saturated rings. The van der Waals surface area contributed by atoms with Gasteiger partial charge in [-0.3, -0.25) is 4.79 Å². The first-order chi connectivity index (χ1) is 5.13. The van der Waals surface area contributed by atoms with E-state index in [-0.39, 0.29) is 5.92 Å². The second-order valence-corrected chi connectivity index (χ2v) is 4.03. The Hall–Kier alpha value is -0.500. The predicted octanol–water partition coefficient (Wildman–Crippen LogP) is 1.64. The Morgan fingerprint density at radius 1 is 1.64 bits per heavy atom. The van der Waals surface area contributed by atoms with Crippen molar-refractivity contribution in [1.82, 2.24) is 0 Å². The molecule has 0 aromatic heterocycles. The van der Waals surface area contributed by atoms with Crippen LogP contribution in [0.1, 0.15) is 12.8 Å². The van der Waals surface area contributed by atoms with Gasteiger partial charge in [-0.15, -0.1) is 11.6 Å². The van der Waals surface area contributed by atoms with Crippen LogP contribution in [0, 0.1) is 11.8 Å². The van der Waals surface area contributed by atoms with Crippen molar-refractivity contribution < 1.29 is 9.90 Å². The zero-order valence-electron chi connectivity index (χ0n) is 5.96. The van der Waals surface area contributed by atoms with E-state index in [4.69, 9.17) is 16.7 Å². The van der Waals surface area contributed by atoms with Crippen molar-refractivity contribution in [3.05, 3.63) is 12.2 Å². The number of carboxylic acids is 1. The molecule has 0 amide bonds. The molecule has 0 saturated heterocycles. The number of carbonyl (C=O) groups is 1. The van der Waals surface area contributed by atoms with Crippen LogP contribution in [0.5, 0.6) is 0 Å². The third-order valence-electron chi connectivity index (χ3n) is 2.67. The van der Waals surface area contributed by atoms with Crippen molar-refractivity contribution >= 4 is 17.6 Å². The first-order valence-electron chi connectivity index (χ1n) is 3.73. The topological polar surface area (TPSA) is 37.3 Å². The van der Waals surface area contributed by atoms with E-state index in [1.807, 2.05) is 6.08 Å². The van der Waals surface area contributed by atoms with Crippen LogP contribution in [0.3, 0.4) is 0 Å². The normalized spacial score (nSPS) is 46.6. The Morgan fingerprint density at radius 3 is 2.64 bits per heavy atom. The number of aliphatic carboxylic acids is 1. The summed E-state index contributed by atoms with van der Waals surface area (Å²) in [6.07, 6.45) is 5.55. The lowest BCUT2D eigenvalue weighted by atomic mass is 9.93. The molecule has 1 saturated carbocycles. The van der Waals surface area contributed by atoms with Crippen LogP contribution in [0.15, 0.2) is 12.2 Å². The fourth-order valence-corrected chi connectivity index (χ4v) is 2.40. The molecule has 1 N–H and O–H groups in total. The number of hydrogen-bond acceptors (Lipinski definition) is 1. The van der Waals surface area contributed by atoms with Crippen molar-refractivity contribution in [2.75, 3.05) is 0 Å². The van der Waals surface area contributed by atoms with Crippen LogP contribution in [-0.2, 0) is 4.79 Å². The molecule has 2 nitrogen and oxygen atoms in total. The minimum absolute atomic E-state index is 0.0617. The largest absolute Gasteiger partial charge is 0.480 e.